The molecule has 3 rings (SSSR count). The van der Waals surface area contributed by atoms with Crippen molar-refractivity contribution in [3.8, 4) is 5.75 Å². The number of hydrogen-bond donors (Lipinski definition) is 2. The number of nitrogens with one attached hydrogen (secondary N) is 2. The lowest BCUT2D eigenvalue weighted by molar-refractivity contribution is -0.137. The summed E-state index contributed by atoms with van der Waals surface area (Å²) in [5, 5.41) is 5.60. The maximum absolute atomic E-state index is 12.9. The Morgan fingerprint density at radius 3 is 2.19 bits per heavy atom. The maximum Gasteiger partial charge on any atom is 0.416 e. The second kappa shape index (κ2) is 9.74. The molecule has 166 valence electrons. The number of anilines is 2. The fourth-order valence-corrected chi connectivity index (χ4v) is 2.86. The van der Waals surface area contributed by atoms with Gasteiger partial charge >= 0.3 is 6.18 Å². The van der Waals surface area contributed by atoms with E-state index in [1.165, 1.54) is 24.3 Å². The van der Waals surface area contributed by atoms with Gasteiger partial charge in [0, 0.05) is 22.0 Å². The molecule has 5 nitrogen and oxygen atoms in total. The number of amides is 2. The fraction of sp³-hybridized carbons (Fsp3) is 0.130. The summed E-state index contributed by atoms with van der Waals surface area (Å²) in [6, 6.07) is 16.9. The highest BCUT2D eigenvalue weighted by atomic mass is 35.5. The van der Waals surface area contributed by atoms with Crippen LogP contribution in [0, 0.1) is 0 Å². The first-order valence-corrected chi connectivity index (χ1v) is 9.81. The number of carbonyl (C=O) groups excluding carboxylic acids is 2. The third-order valence-electron chi connectivity index (χ3n) is 4.34. The van der Waals surface area contributed by atoms with Crippen molar-refractivity contribution in [2.75, 3.05) is 10.6 Å². The maximum atomic E-state index is 12.9. The van der Waals surface area contributed by atoms with Gasteiger partial charge < -0.3 is 15.4 Å². The van der Waals surface area contributed by atoms with Crippen LogP contribution in [0.4, 0.5) is 24.5 Å². The Labute approximate surface area is 187 Å². The fourth-order valence-electron chi connectivity index (χ4n) is 2.73. The van der Waals surface area contributed by atoms with E-state index in [4.69, 9.17) is 16.3 Å². The molecule has 3 aromatic rings. The minimum atomic E-state index is -4.52. The first-order chi connectivity index (χ1) is 15.1. The van der Waals surface area contributed by atoms with Crippen molar-refractivity contribution in [2.45, 2.75) is 19.2 Å². The Morgan fingerprint density at radius 1 is 0.906 bits per heavy atom. The van der Waals surface area contributed by atoms with E-state index >= 15 is 0 Å². The molecule has 0 spiro atoms. The molecule has 0 radical (unpaired) electrons. The number of ether oxygens (including phenoxy) is 1. The summed E-state index contributed by atoms with van der Waals surface area (Å²) in [6.07, 6.45) is -5.35. The predicted octanol–water partition coefficient (Wildman–Crippen LogP) is 6.02. The number of alkyl halides is 3. The van der Waals surface area contributed by atoms with Crippen LogP contribution in [-0.2, 0) is 11.0 Å². The first kappa shape index (κ1) is 23.1. The van der Waals surface area contributed by atoms with Crippen molar-refractivity contribution in [3.05, 3.63) is 88.9 Å². The molecule has 0 unspecified atom stereocenters. The van der Waals surface area contributed by atoms with E-state index in [1.807, 2.05) is 0 Å². The number of carbonyl (C=O) groups is 2. The molecular weight excluding hydrogens is 445 g/mol. The molecule has 0 saturated heterocycles. The van der Waals surface area contributed by atoms with E-state index in [0.717, 1.165) is 12.1 Å². The first-order valence-electron chi connectivity index (χ1n) is 9.43. The summed E-state index contributed by atoms with van der Waals surface area (Å²) < 4.78 is 44.1. The van der Waals surface area contributed by atoms with Gasteiger partial charge in [-0.3, -0.25) is 9.59 Å². The van der Waals surface area contributed by atoms with Crippen LogP contribution in [0.25, 0.3) is 0 Å². The monoisotopic (exact) mass is 462 g/mol. The van der Waals surface area contributed by atoms with E-state index in [1.54, 1.807) is 43.3 Å². The van der Waals surface area contributed by atoms with Crippen LogP contribution in [0.3, 0.4) is 0 Å². The van der Waals surface area contributed by atoms with Crippen LogP contribution in [0.5, 0.6) is 5.75 Å². The van der Waals surface area contributed by atoms with E-state index < -0.39 is 29.7 Å². The molecule has 3 aromatic carbocycles. The van der Waals surface area contributed by atoms with E-state index in [0.29, 0.717) is 16.5 Å². The van der Waals surface area contributed by atoms with Crippen molar-refractivity contribution in [2.24, 2.45) is 0 Å². The lowest BCUT2D eigenvalue weighted by Crippen LogP contribution is -2.30. The summed E-state index contributed by atoms with van der Waals surface area (Å²) in [4.78, 5) is 24.9. The van der Waals surface area contributed by atoms with Crippen molar-refractivity contribution >= 4 is 34.8 Å². The summed E-state index contributed by atoms with van der Waals surface area (Å²) >= 11 is 5.82. The molecule has 0 aliphatic rings. The molecule has 1 atom stereocenters. The zero-order valence-corrected chi connectivity index (χ0v) is 17.5. The molecular formula is C23H18ClF3N2O3. The topological polar surface area (TPSA) is 67.4 Å². The third kappa shape index (κ3) is 6.24. The molecule has 0 saturated carbocycles. The molecule has 32 heavy (non-hydrogen) atoms. The number of hydrogen-bond acceptors (Lipinski definition) is 3. The SMILES string of the molecule is C[C@@H](Oc1ccc(Cl)cc1)C(=O)Nc1cccc(C(=O)Nc2cccc(C(F)(F)F)c2)c1. The molecule has 0 aliphatic heterocycles. The molecule has 0 bridgehead atoms. The Kier molecular flexibility index (Phi) is 7.05. The molecule has 0 aliphatic carbocycles. The van der Waals surface area contributed by atoms with Gasteiger partial charge in [0.15, 0.2) is 6.10 Å². The van der Waals surface area contributed by atoms with Crippen molar-refractivity contribution in [1.29, 1.82) is 0 Å². The van der Waals surface area contributed by atoms with Gasteiger partial charge in [-0.15, -0.1) is 0 Å². The minimum absolute atomic E-state index is 0.00394. The average Bonchev–Trinajstić information content (AvgIpc) is 2.75. The summed E-state index contributed by atoms with van der Waals surface area (Å²) in [5.41, 5.74) is -0.375. The van der Waals surface area contributed by atoms with Crippen LogP contribution in [-0.4, -0.2) is 17.9 Å². The van der Waals surface area contributed by atoms with Gasteiger partial charge in [-0.2, -0.15) is 13.2 Å². The van der Waals surface area contributed by atoms with Gasteiger partial charge in [0.05, 0.1) is 5.56 Å². The number of benzene rings is 3. The zero-order chi connectivity index (χ0) is 23.3. The van der Waals surface area contributed by atoms with E-state index in [9.17, 15) is 22.8 Å². The van der Waals surface area contributed by atoms with Crippen LogP contribution < -0.4 is 15.4 Å². The van der Waals surface area contributed by atoms with Crippen LogP contribution in [0.2, 0.25) is 5.02 Å². The Bertz CT molecular complexity index is 1120. The van der Waals surface area contributed by atoms with E-state index in [2.05, 4.69) is 10.6 Å². The predicted molar refractivity (Wildman–Crippen MR) is 116 cm³/mol. The Morgan fingerprint density at radius 2 is 1.53 bits per heavy atom. The second-order valence-electron chi connectivity index (χ2n) is 6.82. The van der Waals surface area contributed by atoms with Gasteiger partial charge in [-0.1, -0.05) is 23.7 Å². The van der Waals surface area contributed by atoms with Gasteiger partial charge in [0.25, 0.3) is 11.8 Å². The largest absolute Gasteiger partial charge is 0.481 e. The number of halogens is 4. The summed E-state index contributed by atoms with van der Waals surface area (Å²) in [5.74, 6) is -0.604. The highest BCUT2D eigenvalue weighted by Crippen LogP contribution is 2.30. The van der Waals surface area contributed by atoms with Crippen LogP contribution in [0.15, 0.2) is 72.8 Å². The van der Waals surface area contributed by atoms with Crippen molar-refractivity contribution in [1.82, 2.24) is 0 Å². The Balaban J connectivity index is 1.65. The standard InChI is InChI=1S/C23H18ClF3N2O3/c1-14(32-20-10-8-17(24)9-11-20)21(30)28-18-6-2-4-15(12-18)22(31)29-19-7-3-5-16(13-19)23(25,26)27/h2-14H,1H3,(H,28,30)(H,29,31)/t14-/m1/s1. The van der Waals surface area contributed by atoms with Crippen LogP contribution >= 0.6 is 11.6 Å². The molecule has 0 fully saturated rings. The van der Waals surface area contributed by atoms with Crippen LogP contribution in [0.1, 0.15) is 22.8 Å². The quantitative estimate of drug-likeness (QED) is 0.471. The Hall–Kier alpha value is -3.52. The molecule has 2 amide bonds. The lowest BCUT2D eigenvalue weighted by Gasteiger charge is -2.15. The van der Waals surface area contributed by atoms with E-state index in [-0.39, 0.29) is 11.3 Å². The normalized spacial score (nSPS) is 12.0. The molecule has 2 N–H and O–H groups in total. The van der Waals surface area contributed by atoms with Crippen molar-refractivity contribution in [3.63, 3.8) is 0 Å². The lowest BCUT2D eigenvalue weighted by atomic mass is 10.1. The molecule has 9 heteroatoms. The van der Waals surface area contributed by atoms with Gasteiger partial charge in [-0.05, 0) is 67.6 Å². The van der Waals surface area contributed by atoms with Gasteiger partial charge in [0.2, 0.25) is 0 Å². The van der Waals surface area contributed by atoms with Gasteiger partial charge in [0.1, 0.15) is 5.75 Å². The van der Waals surface area contributed by atoms with Gasteiger partial charge in [-0.25, -0.2) is 0 Å². The zero-order valence-electron chi connectivity index (χ0n) is 16.7. The highest BCUT2D eigenvalue weighted by molar-refractivity contribution is 6.30. The smallest absolute Gasteiger partial charge is 0.416 e. The second-order valence-corrected chi connectivity index (χ2v) is 7.25. The molecule has 0 aromatic heterocycles. The third-order valence-corrected chi connectivity index (χ3v) is 4.59. The highest BCUT2D eigenvalue weighted by Gasteiger charge is 2.30. The summed E-state index contributed by atoms with van der Waals surface area (Å²) in [7, 11) is 0. The average molecular weight is 463 g/mol. The summed E-state index contributed by atoms with van der Waals surface area (Å²) in [6.45, 7) is 1.56. The number of rotatable bonds is 6. The minimum Gasteiger partial charge on any atom is -0.481 e. The molecule has 0 heterocycles. The van der Waals surface area contributed by atoms with Crippen molar-refractivity contribution < 1.29 is 27.5 Å².